The number of methoxy groups -OCH3 is 1. The Balaban J connectivity index is 2.14. The minimum Gasteiger partial charge on any atom is -0.383 e. The first-order valence-electron chi connectivity index (χ1n) is 6.77. The molecular formula is C15H20BrN3OS. The summed E-state index contributed by atoms with van der Waals surface area (Å²) in [6, 6.07) is 8.31. The summed E-state index contributed by atoms with van der Waals surface area (Å²) in [6.45, 7) is 4.41. The van der Waals surface area contributed by atoms with Crippen LogP contribution in [0.4, 0.5) is 0 Å². The number of aryl methyl sites for hydroxylation is 2. The van der Waals surface area contributed by atoms with E-state index in [0.29, 0.717) is 6.61 Å². The van der Waals surface area contributed by atoms with E-state index in [-0.39, 0.29) is 0 Å². The zero-order valence-electron chi connectivity index (χ0n) is 12.5. The molecule has 4 nitrogen and oxygen atoms in total. The fourth-order valence-electron chi connectivity index (χ4n) is 2.04. The highest BCUT2D eigenvalue weighted by atomic mass is 79.9. The molecule has 2 rings (SSSR count). The van der Waals surface area contributed by atoms with Gasteiger partial charge >= 0.3 is 0 Å². The number of hydrogen-bond donors (Lipinski definition) is 1. The zero-order chi connectivity index (χ0) is 15.2. The van der Waals surface area contributed by atoms with Crippen LogP contribution in [0.2, 0.25) is 0 Å². The van der Waals surface area contributed by atoms with Crippen LogP contribution in [-0.4, -0.2) is 30.0 Å². The van der Waals surface area contributed by atoms with E-state index in [1.807, 2.05) is 23.9 Å². The fourth-order valence-corrected chi connectivity index (χ4v) is 3.66. The largest absolute Gasteiger partial charge is 0.383 e. The van der Waals surface area contributed by atoms with E-state index < -0.39 is 0 Å². The van der Waals surface area contributed by atoms with Crippen molar-refractivity contribution in [3.05, 3.63) is 40.0 Å². The topological polar surface area (TPSA) is 39.1 Å². The minimum absolute atomic E-state index is 0.716. The normalized spacial score (nSPS) is 11.0. The quantitative estimate of drug-likeness (QED) is 0.759. The van der Waals surface area contributed by atoms with Crippen LogP contribution in [0.5, 0.6) is 0 Å². The number of nitrogens with one attached hydrogen (secondary N) is 1. The summed E-state index contributed by atoms with van der Waals surface area (Å²) in [5, 5.41) is 9.11. The van der Waals surface area contributed by atoms with Crippen molar-refractivity contribution in [3.8, 4) is 0 Å². The van der Waals surface area contributed by atoms with Crippen molar-refractivity contribution in [1.29, 1.82) is 0 Å². The van der Waals surface area contributed by atoms with Gasteiger partial charge in [-0.15, -0.1) is 0 Å². The molecule has 0 amide bonds. The molecule has 1 heterocycles. The second kappa shape index (κ2) is 7.98. The Morgan fingerprint density at radius 3 is 2.95 bits per heavy atom. The standard InChI is InChI=1S/C15H20BrN3OS/c1-11-14(10-17-7-8-20-3)15(19(2)18-11)21-13-6-4-5-12(16)9-13/h4-6,9,17H,7-8,10H2,1-3H3. The molecule has 1 N–H and O–H groups in total. The van der Waals surface area contributed by atoms with Gasteiger partial charge in [-0.2, -0.15) is 5.10 Å². The summed E-state index contributed by atoms with van der Waals surface area (Å²) >= 11 is 5.25. The van der Waals surface area contributed by atoms with E-state index in [9.17, 15) is 0 Å². The lowest BCUT2D eigenvalue weighted by atomic mass is 10.2. The van der Waals surface area contributed by atoms with Crippen molar-refractivity contribution in [2.24, 2.45) is 7.05 Å². The van der Waals surface area contributed by atoms with Gasteiger partial charge in [0.25, 0.3) is 0 Å². The minimum atomic E-state index is 0.716. The van der Waals surface area contributed by atoms with Gasteiger partial charge < -0.3 is 10.1 Å². The maximum atomic E-state index is 5.06. The first kappa shape index (κ1) is 16.5. The van der Waals surface area contributed by atoms with E-state index in [2.05, 4.69) is 45.4 Å². The van der Waals surface area contributed by atoms with Gasteiger partial charge in [0.2, 0.25) is 0 Å². The second-order valence-electron chi connectivity index (χ2n) is 4.72. The first-order chi connectivity index (χ1) is 10.1. The molecule has 0 saturated carbocycles. The second-order valence-corrected chi connectivity index (χ2v) is 6.70. The monoisotopic (exact) mass is 369 g/mol. The van der Waals surface area contributed by atoms with Gasteiger partial charge in [-0.3, -0.25) is 4.68 Å². The van der Waals surface area contributed by atoms with Crippen LogP contribution in [-0.2, 0) is 18.3 Å². The number of ether oxygens (including phenoxy) is 1. The number of hydrogen-bond acceptors (Lipinski definition) is 4. The first-order valence-corrected chi connectivity index (χ1v) is 8.38. The lowest BCUT2D eigenvalue weighted by Crippen LogP contribution is -2.19. The Morgan fingerprint density at radius 2 is 2.24 bits per heavy atom. The predicted molar refractivity (Wildman–Crippen MR) is 89.8 cm³/mol. The highest BCUT2D eigenvalue weighted by Gasteiger charge is 2.14. The molecule has 0 aliphatic carbocycles. The lowest BCUT2D eigenvalue weighted by molar-refractivity contribution is 0.199. The molecule has 6 heteroatoms. The van der Waals surface area contributed by atoms with E-state index in [0.717, 1.165) is 23.3 Å². The van der Waals surface area contributed by atoms with Gasteiger partial charge in [0.1, 0.15) is 5.03 Å². The van der Waals surface area contributed by atoms with E-state index in [1.165, 1.54) is 15.5 Å². The van der Waals surface area contributed by atoms with Gasteiger partial charge in [0, 0.05) is 42.2 Å². The van der Waals surface area contributed by atoms with Crippen LogP contribution in [0.3, 0.4) is 0 Å². The third-order valence-electron chi connectivity index (χ3n) is 3.08. The zero-order valence-corrected chi connectivity index (χ0v) is 14.9. The Labute approximate surface area is 138 Å². The lowest BCUT2D eigenvalue weighted by Gasteiger charge is -2.08. The van der Waals surface area contributed by atoms with Crippen molar-refractivity contribution in [1.82, 2.24) is 15.1 Å². The molecule has 0 saturated heterocycles. The SMILES string of the molecule is COCCNCc1c(C)nn(C)c1Sc1cccc(Br)c1. The van der Waals surface area contributed by atoms with Gasteiger partial charge in [0.05, 0.1) is 12.3 Å². The summed E-state index contributed by atoms with van der Waals surface area (Å²) in [7, 11) is 3.71. The predicted octanol–water partition coefficient (Wildman–Crippen LogP) is 3.38. The van der Waals surface area contributed by atoms with E-state index in [4.69, 9.17) is 4.74 Å². The molecule has 0 fully saturated rings. The molecule has 114 valence electrons. The number of aromatic nitrogens is 2. The molecule has 0 radical (unpaired) electrons. The van der Waals surface area contributed by atoms with Crippen molar-refractivity contribution in [2.45, 2.75) is 23.4 Å². The summed E-state index contributed by atoms with van der Waals surface area (Å²) in [5.41, 5.74) is 2.32. The van der Waals surface area contributed by atoms with Crippen molar-refractivity contribution < 1.29 is 4.74 Å². The average Bonchev–Trinajstić information content (AvgIpc) is 2.70. The van der Waals surface area contributed by atoms with E-state index in [1.54, 1.807) is 18.9 Å². The van der Waals surface area contributed by atoms with Gasteiger partial charge in [0.15, 0.2) is 0 Å². The molecule has 0 spiro atoms. The molecule has 0 atom stereocenters. The van der Waals surface area contributed by atoms with Gasteiger partial charge in [-0.25, -0.2) is 0 Å². The van der Waals surface area contributed by atoms with Gasteiger partial charge in [-0.1, -0.05) is 33.8 Å². The summed E-state index contributed by atoms with van der Waals surface area (Å²) in [4.78, 5) is 1.20. The Bertz CT molecular complexity index is 601. The Kier molecular flexibility index (Phi) is 6.29. The van der Waals surface area contributed by atoms with Crippen LogP contribution in [0.25, 0.3) is 0 Å². The molecule has 0 unspecified atom stereocenters. The molecular weight excluding hydrogens is 350 g/mol. The molecule has 1 aromatic heterocycles. The van der Waals surface area contributed by atoms with Crippen LogP contribution in [0.1, 0.15) is 11.3 Å². The smallest absolute Gasteiger partial charge is 0.103 e. The molecule has 0 aliphatic rings. The Hall–Kier alpha value is -0.820. The van der Waals surface area contributed by atoms with Crippen LogP contribution < -0.4 is 5.32 Å². The van der Waals surface area contributed by atoms with Gasteiger partial charge in [-0.05, 0) is 25.1 Å². The fraction of sp³-hybridized carbons (Fsp3) is 0.400. The third-order valence-corrected chi connectivity index (χ3v) is 4.77. The molecule has 1 aromatic carbocycles. The molecule has 21 heavy (non-hydrogen) atoms. The third kappa shape index (κ3) is 4.57. The van der Waals surface area contributed by atoms with Crippen molar-refractivity contribution in [2.75, 3.05) is 20.3 Å². The highest BCUT2D eigenvalue weighted by molar-refractivity contribution is 9.10. The summed E-state index contributed by atoms with van der Waals surface area (Å²) in [6.07, 6.45) is 0. The van der Waals surface area contributed by atoms with Crippen LogP contribution in [0, 0.1) is 6.92 Å². The molecule has 0 bridgehead atoms. The highest BCUT2D eigenvalue weighted by Crippen LogP contribution is 2.32. The summed E-state index contributed by atoms with van der Waals surface area (Å²) in [5.74, 6) is 0. The number of nitrogens with zero attached hydrogens (tertiary/aromatic N) is 2. The molecule has 0 aliphatic heterocycles. The van der Waals surface area contributed by atoms with Crippen LogP contribution in [0.15, 0.2) is 38.7 Å². The van der Waals surface area contributed by atoms with Crippen LogP contribution >= 0.6 is 27.7 Å². The Morgan fingerprint density at radius 1 is 1.43 bits per heavy atom. The number of benzene rings is 1. The van der Waals surface area contributed by atoms with E-state index >= 15 is 0 Å². The van der Waals surface area contributed by atoms with Crippen molar-refractivity contribution in [3.63, 3.8) is 0 Å². The maximum absolute atomic E-state index is 5.06. The maximum Gasteiger partial charge on any atom is 0.103 e. The van der Waals surface area contributed by atoms with Crippen molar-refractivity contribution >= 4 is 27.7 Å². The summed E-state index contributed by atoms with van der Waals surface area (Å²) < 4.78 is 8.10. The number of halogens is 1. The number of rotatable bonds is 7. The molecule has 2 aromatic rings. The average molecular weight is 370 g/mol.